The quantitative estimate of drug-likeness (QED) is 0.472. The number of carbonyl (C=O) groups is 1. The predicted octanol–water partition coefficient (Wildman–Crippen LogP) is 5.54. The maximum absolute atomic E-state index is 12.3. The van der Waals surface area contributed by atoms with E-state index in [9.17, 15) is 4.79 Å². The molecule has 1 amide bonds. The van der Waals surface area contributed by atoms with Crippen molar-refractivity contribution in [1.82, 2.24) is 5.43 Å². The normalized spacial score (nSPS) is 11.4. The molecule has 3 aromatic rings. The van der Waals surface area contributed by atoms with Gasteiger partial charge < -0.3 is 4.74 Å². The van der Waals surface area contributed by atoms with E-state index in [2.05, 4.69) is 31.3 Å². The summed E-state index contributed by atoms with van der Waals surface area (Å²) in [6.45, 7) is 6.42. The lowest BCUT2D eigenvalue weighted by Gasteiger charge is -2.18. The fourth-order valence-corrected chi connectivity index (χ4v) is 2.63. The van der Waals surface area contributed by atoms with Gasteiger partial charge in [0.05, 0.1) is 6.21 Å². The van der Waals surface area contributed by atoms with Crippen molar-refractivity contribution >= 4 is 12.1 Å². The summed E-state index contributed by atoms with van der Waals surface area (Å²) in [4.78, 5) is 12.3. The van der Waals surface area contributed by atoms with Crippen LogP contribution in [0.25, 0.3) is 0 Å². The number of benzene rings is 3. The molecule has 0 aromatic heterocycles. The highest BCUT2D eigenvalue weighted by Gasteiger charge is 2.14. The summed E-state index contributed by atoms with van der Waals surface area (Å²) in [5.74, 6) is 1.23. The third-order valence-corrected chi connectivity index (χ3v) is 4.23. The van der Waals surface area contributed by atoms with Gasteiger partial charge in [-0.15, -0.1) is 0 Å². The van der Waals surface area contributed by atoms with Gasteiger partial charge in [0.15, 0.2) is 0 Å². The zero-order valence-electron chi connectivity index (χ0n) is 16.3. The van der Waals surface area contributed by atoms with Gasteiger partial charge in [-0.05, 0) is 52.9 Å². The minimum Gasteiger partial charge on any atom is -0.457 e. The van der Waals surface area contributed by atoms with E-state index in [4.69, 9.17) is 4.74 Å². The van der Waals surface area contributed by atoms with Crippen LogP contribution in [0.15, 0.2) is 84.0 Å². The Morgan fingerprint density at radius 1 is 0.893 bits per heavy atom. The Hall–Kier alpha value is -3.40. The van der Waals surface area contributed by atoms with Crippen LogP contribution in [0.2, 0.25) is 0 Å². The number of hydrogen-bond donors (Lipinski definition) is 1. The lowest BCUT2D eigenvalue weighted by atomic mass is 9.87. The van der Waals surface area contributed by atoms with E-state index in [0.717, 1.165) is 11.3 Å². The van der Waals surface area contributed by atoms with Crippen molar-refractivity contribution < 1.29 is 9.53 Å². The average molecular weight is 372 g/mol. The van der Waals surface area contributed by atoms with Gasteiger partial charge in [0.25, 0.3) is 5.91 Å². The van der Waals surface area contributed by atoms with Gasteiger partial charge in [0.2, 0.25) is 0 Å². The lowest BCUT2D eigenvalue weighted by Crippen LogP contribution is -2.18. The zero-order chi connectivity index (χ0) is 20.0. The van der Waals surface area contributed by atoms with Gasteiger partial charge in [-0.1, -0.05) is 63.2 Å². The number of hydrazone groups is 1. The number of nitrogens with zero attached hydrogens (tertiary/aromatic N) is 1. The Morgan fingerprint density at radius 3 is 2.25 bits per heavy atom. The van der Waals surface area contributed by atoms with Gasteiger partial charge in [0.1, 0.15) is 11.5 Å². The van der Waals surface area contributed by atoms with Crippen molar-refractivity contribution in [3.63, 3.8) is 0 Å². The van der Waals surface area contributed by atoms with Crippen LogP contribution in [-0.4, -0.2) is 12.1 Å². The Kier molecular flexibility index (Phi) is 5.90. The molecule has 0 unspecified atom stereocenters. The molecular formula is C24H24N2O2. The van der Waals surface area contributed by atoms with E-state index in [0.29, 0.717) is 11.3 Å². The summed E-state index contributed by atoms with van der Waals surface area (Å²) in [5.41, 5.74) is 5.21. The molecule has 4 nitrogen and oxygen atoms in total. The van der Waals surface area contributed by atoms with Crippen LogP contribution in [0.5, 0.6) is 11.5 Å². The molecule has 0 aliphatic rings. The standard InChI is InChI=1S/C24H24N2O2/c1-24(2,3)20-14-12-19(13-15-20)23(27)26-25-17-18-8-7-11-22(16-18)28-21-9-5-4-6-10-21/h4-17H,1-3H3,(H,26,27). The minimum atomic E-state index is -0.242. The van der Waals surface area contributed by atoms with Crippen molar-refractivity contribution in [2.45, 2.75) is 26.2 Å². The number of rotatable bonds is 5. The Labute approximate surface area is 165 Å². The molecule has 0 heterocycles. The number of ether oxygens (including phenoxy) is 1. The van der Waals surface area contributed by atoms with Crippen molar-refractivity contribution in [3.05, 3.63) is 95.6 Å². The van der Waals surface area contributed by atoms with E-state index >= 15 is 0 Å². The second kappa shape index (κ2) is 8.53. The molecule has 4 heteroatoms. The molecule has 3 aromatic carbocycles. The molecule has 0 saturated carbocycles. The van der Waals surface area contributed by atoms with Gasteiger partial charge >= 0.3 is 0 Å². The number of hydrogen-bond acceptors (Lipinski definition) is 3. The van der Waals surface area contributed by atoms with E-state index in [1.807, 2.05) is 78.9 Å². The molecule has 0 aliphatic carbocycles. The molecule has 0 atom stereocenters. The van der Waals surface area contributed by atoms with Gasteiger partial charge in [-0.2, -0.15) is 5.10 Å². The predicted molar refractivity (Wildman–Crippen MR) is 113 cm³/mol. The van der Waals surface area contributed by atoms with Crippen molar-refractivity contribution in [2.24, 2.45) is 5.10 Å². The number of para-hydroxylation sites is 1. The zero-order valence-corrected chi connectivity index (χ0v) is 16.3. The molecule has 0 radical (unpaired) electrons. The molecule has 0 saturated heterocycles. The summed E-state index contributed by atoms with van der Waals surface area (Å²) in [6, 6.07) is 24.7. The number of carbonyl (C=O) groups excluding carboxylic acids is 1. The largest absolute Gasteiger partial charge is 0.457 e. The van der Waals surface area contributed by atoms with Crippen LogP contribution < -0.4 is 10.2 Å². The Morgan fingerprint density at radius 2 is 1.57 bits per heavy atom. The fourth-order valence-electron chi connectivity index (χ4n) is 2.63. The van der Waals surface area contributed by atoms with Gasteiger partial charge in [0, 0.05) is 5.56 Å². The van der Waals surface area contributed by atoms with Gasteiger partial charge in [-0.3, -0.25) is 4.79 Å². The molecular weight excluding hydrogens is 348 g/mol. The topological polar surface area (TPSA) is 50.7 Å². The SMILES string of the molecule is CC(C)(C)c1ccc(C(=O)NN=Cc2cccc(Oc3ccccc3)c2)cc1. The lowest BCUT2D eigenvalue weighted by molar-refractivity contribution is 0.0955. The maximum Gasteiger partial charge on any atom is 0.271 e. The minimum absolute atomic E-state index is 0.0556. The first-order chi connectivity index (χ1) is 13.4. The van der Waals surface area contributed by atoms with Crippen LogP contribution in [0.4, 0.5) is 0 Å². The van der Waals surface area contributed by atoms with E-state index in [-0.39, 0.29) is 11.3 Å². The third-order valence-electron chi connectivity index (χ3n) is 4.23. The maximum atomic E-state index is 12.3. The third kappa shape index (κ3) is 5.30. The highest BCUT2D eigenvalue weighted by molar-refractivity contribution is 5.94. The van der Waals surface area contributed by atoms with E-state index in [1.54, 1.807) is 6.21 Å². The first-order valence-electron chi connectivity index (χ1n) is 9.19. The molecule has 0 fully saturated rings. The first kappa shape index (κ1) is 19.4. The van der Waals surface area contributed by atoms with Crippen LogP contribution in [0.3, 0.4) is 0 Å². The van der Waals surface area contributed by atoms with E-state index in [1.165, 1.54) is 5.56 Å². The van der Waals surface area contributed by atoms with Crippen LogP contribution in [0, 0.1) is 0 Å². The second-order valence-corrected chi connectivity index (χ2v) is 7.51. The molecule has 28 heavy (non-hydrogen) atoms. The smallest absolute Gasteiger partial charge is 0.271 e. The summed E-state index contributed by atoms with van der Waals surface area (Å²) in [6.07, 6.45) is 1.60. The Bertz CT molecular complexity index is 956. The molecule has 0 spiro atoms. The molecule has 142 valence electrons. The molecule has 1 N–H and O–H groups in total. The Balaban J connectivity index is 1.61. The molecule has 0 aliphatic heterocycles. The summed E-state index contributed by atoms with van der Waals surface area (Å²) in [7, 11) is 0. The first-order valence-corrected chi connectivity index (χ1v) is 9.19. The van der Waals surface area contributed by atoms with Crippen LogP contribution in [-0.2, 0) is 5.41 Å². The van der Waals surface area contributed by atoms with Crippen molar-refractivity contribution in [2.75, 3.05) is 0 Å². The van der Waals surface area contributed by atoms with Gasteiger partial charge in [-0.25, -0.2) is 5.43 Å². The fraction of sp³-hybridized carbons (Fsp3) is 0.167. The average Bonchev–Trinajstić information content (AvgIpc) is 2.68. The number of nitrogens with one attached hydrogen (secondary N) is 1. The highest BCUT2D eigenvalue weighted by atomic mass is 16.5. The monoisotopic (exact) mass is 372 g/mol. The second-order valence-electron chi connectivity index (χ2n) is 7.51. The van der Waals surface area contributed by atoms with Crippen molar-refractivity contribution in [3.8, 4) is 11.5 Å². The molecule has 3 rings (SSSR count). The van der Waals surface area contributed by atoms with E-state index < -0.39 is 0 Å². The van der Waals surface area contributed by atoms with Crippen LogP contribution in [0.1, 0.15) is 42.3 Å². The van der Waals surface area contributed by atoms with Crippen molar-refractivity contribution in [1.29, 1.82) is 0 Å². The van der Waals surface area contributed by atoms with Crippen LogP contribution >= 0.6 is 0 Å². The summed E-state index contributed by atoms with van der Waals surface area (Å²) in [5, 5.41) is 4.06. The number of amides is 1. The summed E-state index contributed by atoms with van der Waals surface area (Å²) < 4.78 is 5.81. The highest BCUT2D eigenvalue weighted by Crippen LogP contribution is 2.22. The summed E-state index contributed by atoms with van der Waals surface area (Å²) >= 11 is 0. The molecule has 0 bridgehead atoms.